The van der Waals surface area contributed by atoms with Gasteiger partial charge >= 0.3 is 0 Å². The maximum absolute atomic E-state index is 5.36. The van der Waals surface area contributed by atoms with Crippen LogP contribution in [0.1, 0.15) is 11.3 Å². The number of methoxy groups -OCH3 is 2. The standard InChI is InChI=1S/C18H18N2O2S/c1-12-8-13-9-16(21-2)17(22-3)10-15(13)20-18(12)23-11-14-6-4-5-7-19-14/h4-10H,11H2,1-3H3. The van der Waals surface area contributed by atoms with Crippen molar-refractivity contribution in [2.24, 2.45) is 0 Å². The summed E-state index contributed by atoms with van der Waals surface area (Å²) in [7, 11) is 3.27. The van der Waals surface area contributed by atoms with Crippen LogP contribution in [-0.4, -0.2) is 24.2 Å². The Morgan fingerprint density at radius 3 is 2.52 bits per heavy atom. The number of aromatic nitrogens is 2. The maximum atomic E-state index is 5.36. The van der Waals surface area contributed by atoms with Gasteiger partial charge in [0.05, 0.1) is 25.4 Å². The minimum Gasteiger partial charge on any atom is -0.493 e. The Balaban J connectivity index is 1.93. The van der Waals surface area contributed by atoms with Crippen molar-refractivity contribution < 1.29 is 9.47 Å². The molecule has 118 valence electrons. The summed E-state index contributed by atoms with van der Waals surface area (Å²) >= 11 is 1.69. The third kappa shape index (κ3) is 3.40. The van der Waals surface area contributed by atoms with Gasteiger partial charge in [-0.1, -0.05) is 17.8 Å². The zero-order valence-corrected chi connectivity index (χ0v) is 14.2. The lowest BCUT2D eigenvalue weighted by molar-refractivity contribution is 0.356. The van der Waals surface area contributed by atoms with Gasteiger partial charge in [-0.15, -0.1) is 0 Å². The van der Waals surface area contributed by atoms with E-state index in [1.165, 1.54) is 0 Å². The molecule has 0 spiro atoms. The molecule has 0 saturated heterocycles. The van der Waals surface area contributed by atoms with Crippen LogP contribution in [0, 0.1) is 6.92 Å². The average Bonchev–Trinajstić information content (AvgIpc) is 2.59. The molecule has 3 aromatic rings. The van der Waals surface area contributed by atoms with E-state index in [4.69, 9.17) is 14.5 Å². The molecule has 2 aromatic heterocycles. The highest BCUT2D eigenvalue weighted by Crippen LogP contribution is 2.34. The largest absolute Gasteiger partial charge is 0.493 e. The first-order valence-corrected chi connectivity index (χ1v) is 8.26. The third-order valence-electron chi connectivity index (χ3n) is 3.55. The fraction of sp³-hybridized carbons (Fsp3) is 0.222. The molecule has 23 heavy (non-hydrogen) atoms. The predicted octanol–water partition coefficient (Wildman–Crippen LogP) is 4.25. The number of rotatable bonds is 5. The first-order valence-electron chi connectivity index (χ1n) is 7.27. The molecule has 0 fully saturated rings. The van der Waals surface area contributed by atoms with Crippen LogP contribution in [0.3, 0.4) is 0 Å². The molecule has 2 heterocycles. The lowest BCUT2D eigenvalue weighted by Gasteiger charge is -2.11. The molecule has 0 atom stereocenters. The van der Waals surface area contributed by atoms with E-state index in [1.807, 2.05) is 36.5 Å². The molecule has 0 bridgehead atoms. The normalized spacial score (nSPS) is 10.7. The molecule has 4 nitrogen and oxygen atoms in total. The Hall–Kier alpha value is -2.27. The Bertz CT molecular complexity index is 822. The van der Waals surface area contributed by atoms with Crippen molar-refractivity contribution in [2.45, 2.75) is 17.7 Å². The van der Waals surface area contributed by atoms with Gasteiger partial charge in [-0.25, -0.2) is 4.98 Å². The first-order chi connectivity index (χ1) is 11.2. The smallest absolute Gasteiger partial charge is 0.162 e. The van der Waals surface area contributed by atoms with Crippen molar-refractivity contribution in [3.05, 3.63) is 53.9 Å². The van der Waals surface area contributed by atoms with Gasteiger partial charge in [0, 0.05) is 23.4 Å². The zero-order valence-electron chi connectivity index (χ0n) is 13.4. The molecule has 0 unspecified atom stereocenters. The molecular weight excluding hydrogens is 308 g/mol. The van der Waals surface area contributed by atoms with Gasteiger partial charge in [0.2, 0.25) is 0 Å². The summed E-state index contributed by atoms with van der Waals surface area (Å²) in [6, 6.07) is 12.0. The van der Waals surface area contributed by atoms with Crippen LogP contribution in [-0.2, 0) is 5.75 Å². The van der Waals surface area contributed by atoms with E-state index >= 15 is 0 Å². The minimum absolute atomic E-state index is 0.692. The highest BCUT2D eigenvalue weighted by molar-refractivity contribution is 7.98. The quantitative estimate of drug-likeness (QED) is 0.656. The van der Waals surface area contributed by atoms with E-state index in [0.29, 0.717) is 5.75 Å². The highest BCUT2D eigenvalue weighted by Gasteiger charge is 2.10. The molecule has 3 rings (SSSR count). The molecular formula is C18H18N2O2S. The van der Waals surface area contributed by atoms with Crippen LogP contribution in [0.25, 0.3) is 10.9 Å². The van der Waals surface area contributed by atoms with Gasteiger partial charge in [-0.3, -0.25) is 4.98 Å². The summed E-state index contributed by atoms with van der Waals surface area (Å²) < 4.78 is 10.7. The van der Waals surface area contributed by atoms with Crippen LogP contribution in [0.15, 0.2) is 47.6 Å². The van der Waals surface area contributed by atoms with E-state index in [2.05, 4.69) is 18.0 Å². The Morgan fingerprint density at radius 2 is 1.83 bits per heavy atom. The van der Waals surface area contributed by atoms with Crippen LogP contribution < -0.4 is 9.47 Å². The second-order valence-corrected chi connectivity index (χ2v) is 6.08. The number of nitrogens with zero attached hydrogens (tertiary/aromatic N) is 2. The lowest BCUT2D eigenvalue weighted by Crippen LogP contribution is -1.94. The Kier molecular flexibility index (Phi) is 4.67. The second-order valence-electron chi connectivity index (χ2n) is 5.12. The third-order valence-corrected chi connectivity index (χ3v) is 4.67. The van der Waals surface area contributed by atoms with Crippen LogP contribution >= 0.6 is 11.8 Å². The molecule has 0 N–H and O–H groups in total. The van der Waals surface area contributed by atoms with Gasteiger partial charge in [-0.05, 0) is 36.8 Å². The summed E-state index contributed by atoms with van der Waals surface area (Å²) in [4.78, 5) is 9.12. The molecule has 0 radical (unpaired) electrons. The number of hydrogen-bond donors (Lipinski definition) is 0. The van der Waals surface area contributed by atoms with E-state index in [-0.39, 0.29) is 0 Å². The molecule has 0 amide bonds. The molecule has 0 aliphatic heterocycles. The van der Waals surface area contributed by atoms with Crippen LogP contribution in [0.2, 0.25) is 0 Å². The topological polar surface area (TPSA) is 44.2 Å². The zero-order chi connectivity index (χ0) is 16.2. The van der Waals surface area contributed by atoms with Crippen molar-refractivity contribution in [3.8, 4) is 11.5 Å². The summed E-state index contributed by atoms with van der Waals surface area (Å²) in [6.45, 7) is 2.07. The number of pyridine rings is 2. The second kappa shape index (κ2) is 6.87. The summed E-state index contributed by atoms with van der Waals surface area (Å²) in [6.07, 6.45) is 1.81. The summed E-state index contributed by atoms with van der Waals surface area (Å²) in [5, 5.41) is 2.05. The SMILES string of the molecule is COc1cc2cc(C)c(SCc3ccccn3)nc2cc1OC. The number of benzene rings is 1. The number of aryl methyl sites for hydroxylation is 1. The fourth-order valence-electron chi connectivity index (χ4n) is 2.36. The van der Waals surface area contributed by atoms with Gasteiger partial charge < -0.3 is 9.47 Å². The first kappa shape index (κ1) is 15.6. The van der Waals surface area contributed by atoms with Crippen LogP contribution in [0.4, 0.5) is 0 Å². The number of hydrogen-bond acceptors (Lipinski definition) is 5. The van der Waals surface area contributed by atoms with E-state index < -0.39 is 0 Å². The molecule has 0 aliphatic carbocycles. The molecule has 1 aromatic carbocycles. The van der Waals surface area contributed by atoms with Crippen molar-refractivity contribution in [2.75, 3.05) is 14.2 Å². The Morgan fingerprint density at radius 1 is 1.04 bits per heavy atom. The number of fused-ring (bicyclic) bond motifs is 1. The average molecular weight is 326 g/mol. The van der Waals surface area contributed by atoms with E-state index in [0.717, 1.165) is 38.7 Å². The van der Waals surface area contributed by atoms with E-state index in [9.17, 15) is 0 Å². The van der Waals surface area contributed by atoms with Crippen molar-refractivity contribution in [3.63, 3.8) is 0 Å². The number of ether oxygens (including phenoxy) is 2. The molecule has 5 heteroatoms. The van der Waals surface area contributed by atoms with Crippen molar-refractivity contribution in [1.82, 2.24) is 9.97 Å². The molecule has 0 saturated carbocycles. The fourth-order valence-corrected chi connectivity index (χ4v) is 3.27. The van der Waals surface area contributed by atoms with Crippen LogP contribution in [0.5, 0.6) is 11.5 Å². The summed E-state index contributed by atoms with van der Waals surface area (Å²) in [5.74, 6) is 2.21. The molecule has 0 aliphatic rings. The maximum Gasteiger partial charge on any atom is 0.162 e. The van der Waals surface area contributed by atoms with Gasteiger partial charge in [0.25, 0.3) is 0 Å². The van der Waals surface area contributed by atoms with Gasteiger partial charge in [0.1, 0.15) is 5.03 Å². The van der Waals surface area contributed by atoms with Gasteiger partial charge in [-0.2, -0.15) is 0 Å². The Labute approximate surface area is 139 Å². The summed E-state index contributed by atoms with van der Waals surface area (Å²) in [5.41, 5.74) is 3.09. The predicted molar refractivity (Wildman–Crippen MR) is 93.4 cm³/mol. The number of thioether (sulfide) groups is 1. The van der Waals surface area contributed by atoms with Crippen molar-refractivity contribution in [1.29, 1.82) is 0 Å². The lowest BCUT2D eigenvalue weighted by atomic mass is 10.1. The van der Waals surface area contributed by atoms with Crippen molar-refractivity contribution >= 4 is 22.7 Å². The van der Waals surface area contributed by atoms with Gasteiger partial charge in [0.15, 0.2) is 11.5 Å². The van der Waals surface area contributed by atoms with E-state index in [1.54, 1.807) is 26.0 Å². The minimum atomic E-state index is 0.692. The highest BCUT2D eigenvalue weighted by atomic mass is 32.2. The monoisotopic (exact) mass is 326 g/mol.